The summed E-state index contributed by atoms with van der Waals surface area (Å²) in [4.78, 5) is 14.8. The second-order valence-corrected chi connectivity index (χ2v) is 6.65. The summed E-state index contributed by atoms with van der Waals surface area (Å²) in [5, 5.41) is 3.97. The summed E-state index contributed by atoms with van der Waals surface area (Å²) in [5.41, 5.74) is 3.58. The minimum Gasteiger partial charge on any atom is -0.350 e. The van der Waals surface area contributed by atoms with Gasteiger partial charge in [-0.05, 0) is 49.6 Å². The Hall–Kier alpha value is -2.95. The quantitative estimate of drug-likeness (QED) is 0.684. The Balaban J connectivity index is 1.57. The maximum Gasteiger partial charge on any atom is 0.292 e. The monoisotopic (exact) mass is 350 g/mol. The number of carbonyl (C=O) groups excluding carboxylic acids is 1. The zero-order valence-corrected chi connectivity index (χ0v) is 14.5. The fourth-order valence-electron chi connectivity index (χ4n) is 3.42. The van der Waals surface area contributed by atoms with E-state index in [0.29, 0.717) is 17.8 Å². The number of likely N-dealkylation sites (tertiary alicyclic amines) is 1. The summed E-state index contributed by atoms with van der Waals surface area (Å²) < 4.78 is 18.4. The number of benzene rings is 2. The van der Waals surface area contributed by atoms with Gasteiger partial charge in [0.2, 0.25) is 5.76 Å². The second-order valence-electron chi connectivity index (χ2n) is 6.65. The van der Waals surface area contributed by atoms with Crippen molar-refractivity contribution in [3.8, 4) is 11.3 Å². The molecule has 2 heterocycles. The average Bonchev–Trinajstić information content (AvgIpc) is 3.32. The van der Waals surface area contributed by atoms with Gasteiger partial charge in [0.1, 0.15) is 11.5 Å². The molecule has 26 heavy (non-hydrogen) atoms. The molecule has 5 heteroatoms. The van der Waals surface area contributed by atoms with E-state index in [1.807, 2.05) is 11.8 Å². The zero-order chi connectivity index (χ0) is 18.1. The van der Waals surface area contributed by atoms with Crippen LogP contribution in [0.4, 0.5) is 4.39 Å². The van der Waals surface area contributed by atoms with Gasteiger partial charge in [-0.3, -0.25) is 4.79 Å². The lowest BCUT2D eigenvalue weighted by atomic mass is 10.0. The fraction of sp³-hybridized carbons (Fsp3) is 0.238. The highest BCUT2D eigenvalue weighted by Gasteiger charge is 2.32. The van der Waals surface area contributed by atoms with Gasteiger partial charge < -0.3 is 9.42 Å². The molecule has 2 aromatic carbocycles. The van der Waals surface area contributed by atoms with E-state index in [1.165, 1.54) is 17.7 Å². The summed E-state index contributed by atoms with van der Waals surface area (Å²) in [6.07, 6.45) is 1.90. The zero-order valence-electron chi connectivity index (χ0n) is 14.5. The molecule has 4 rings (SSSR count). The molecule has 1 aromatic heterocycles. The van der Waals surface area contributed by atoms with Gasteiger partial charge in [-0.1, -0.05) is 35.0 Å². The summed E-state index contributed by atoms with van der Waals surface area (Å²) in [6.45, 7) is 2.75. The molecule has 1 atom stereocenters. The number of carbonyl (C=O) groups is 1. The molecule has 132 valence electrons. The van der Waals surface area contributed by atoms with Crippen molar-refractivity contribution in [2.24, 2.45) is 0 Å². The lowest BCUT2D eigenvalue weighted by molar-refractivity contribution is 0.0693. The Morgan fingerprint density at radius 3 is 2.62 bits per heavy atom. The molecule has 0 spiro atoms. The van der Waals surface area contributed by atoms with Gasteiger partial charge in [-0.2, -0.15) is 0 Å². The maximum atomic E-state index is 13.1. The summed E-state index contributed by atoms with van der Waals surface area (Å²) >= 11 is 0. The molecule has 1 aliphatic heterocycles. The molecular formula is C21H19FN2O2. The molecule has 1 fully saturated rings. The van der Waals surface area contributed by atoms with Crippen molar-refractivity contribution >= 4 is 5.91 Å². The third kappa shape index (κ3) is 3.12. The van der Waals surface area contributed by atoms with Crippen LogP contribution >= 0.6 is 0 Å². The van der Waals surface area contributed by atoms with E-state index in [1.54, 1.807) is 18.2 Å². The van der Waals surface area contributed by atoms with E-state index < -0.39 is 0 Å². The van der Waals surface area contributed by atoms with E-state index in [0.717, 1.165) is 18.4 Å². The van der Waals surface area contributed by atoms with Crippen molar-refractivity contribution < 1.29 is 13.7 Å². The van der Waals surface area contributed by atoms with Crippen LogP contribution in [0.25, 0.3) is 11.3 Å². The first-order valence-electron chi connectivity index (χ1n) is 8.72. The van der Waals surface area contributed by atoms with Crippen LogP contribution in [-0.4, -0.2) is 22.5 Å². The number of halogens is 1. The summed E-state index contributed by atoms with van der Waals surface area (Å²) in [7, 11) is 0. The first kappa shape index (κ1) is 16.5. The van der Waals surface area contributed by atoms with E-state index in [-0.39, 0.29) is 23.5 Å². The van der Waals surface area contributed by atoms with E-state index >= 15 is 0 Å². The van der Waals surface area contributed by atoms with Crippen molar-refractivity contribution in [3.05, 3.63) is 77.3 Å². The van der Waals surface area contributed by atoms with Crippen LogP contribution in [0.15, 0.2) is 59.1 Å². The largest absolute Gasteiger partial charge is 0.350 e. The molecule has 4 nitrogen and oxygen atoms in total. The van der Waals surface area contributed by atoms with Crippen molar-refractivity contribution in [3.63, 3.8) is 0 Å². The van der Waals surface area contributed by atoms with Crippen molar-refractivity contribution in [1.82, 2.24) is 10.1 Å². The Morgan fingerprint density at radius 2 is 1.88 bits per heavy atom. The third-order valence-corrected chi connectivity index (χ3v) is 4.84. The van der Waals surface area contributed by atoms with Crippen LogP contribution in [-0.2, 0) is 0 Å². The predicted molar refractivity (Wildman–Crippen MR) is 96.1 cm³/mol. The van der Waals surface area contributed by atoms with Gasteiger partial charge in [0.15, 0.2) is 0 Å². The minimum atomic E-state index is -0.313. The van der Waals surface area contributed by atoms with Crippen LogP contribution in [0.2, 0.25) is 0 Å². The van der Waals surface area contributed by atoms with Crippen molar-refractivity contribution in [1.29, 1.82) is 0 Å². The Labute approximate surface area is 151 Å². The number of aryl methyl sites for hydroxylation is 1. The molecule has 0 bridgehead atoms. The second kappa shape index (κ2) is 6.75. The molecule has 0 saturated carbocycles. The van der Waals surface area contributed by atoms with E-state index in [2.05, 4.69) is 29.4 Å². The number of hydrogen-bond donors (Lipinski definition) is 0. The van der Waals surface area contributed by atoms with Gasteiger partial charge in [0.25, 0.3) is 5.91 Å². The predicted octanol–water partition coefficient (Wildman–Crippen LogP) is 4.77. The minimum absolute atomic E-state index is 0.0578. The molecule has 3 aromatic rings. The van der Waals surface area contributed by atoms with Gasteiger partial charge in [-0.25, -0.2) is 4.39 Å². The first-order chi connectivity index (χ1) is 12.6. The number of amides is 1. The maximum absolute atomic E-state index is 13.1. The number of nitrogens with zero attached hydrogens (tertiary/aromatic N) is 2. The topological polar surface area (TPSA) is 46.3 Å². The highest BCUT2D eigenvalue weighted by molar-refractivity contribution is 5.93. The highest BCUT2D eigenvalue weighted by Crippen LogP contribution is 2.33. The van der Waals surface area contributed by atoms with Gasteiger partial charge in [0, 0.05) is 18.2 Å². The van der Waals surface area contributed by atoms with Crippen LogP contribution in [0.5, 0.6) is 0 Å². The molecule has 1 aliphatic rings. The number of aromatic nitrogens is 1. The number of rotatable bonds is 3. The molecule has 1 amide bonds. The van der Waals surface area contributed by atoms with E-state index in [4.69, 9.17) is 4.52 Å². The van der Waals surface area contributed by atoms with Gasteiger partial charge >= 0.3 is 0 Å². The molecule has 0 radical (unpaired) electrons. The highest BCUT2D eigenvalue weighted by atomic mass is 19.1. The van der Waals surface area contributed by atoms with Gasteiger partial charge in [0.05, 0.1) is 6.04 Å². The van der Waals surface area contributed by atoms with Crippen molar-refractivity contribution in [2.45, 2.75) is 25.8 Å². The fourth-order valence-corrected chi connectivity index (χ4v) is 3.42. The van der Waals surface area contributed by atoms with Crippen LogP contribution in [0.1, 0.15) is 40.6 Å². The summed E-state index contributed by atoms with van der Waals surface area (Å²) in [6, 6.07) is 15.9. The Kier molecular flexibility index (Phi) is 4.29. The van der Waals surface area contributed by atoms with Crippen molar-refractivity contribution in [2.75, 3.05) is 6.54 Å². The van der Waals surface area contributed by atoms with Crippen LogP contribution < -0.4 is 0 Å². The standard InChI is InChI=1S/C21H19FN2O2/c1-14-4-6-16(7-5-14)19-3-2-12-24(19)21(25)20-13-18(23-26-20)15-8-10-17(22)11-9-15/h4-11,13,19H,2-3,12H2,1H3/t19-/m0/s1. The average molecular weight is 350 g/mol. The first-order valence-corrected chi connectivity index (χ1v) is 8.72. The molecular weight excluding hydrogens is 331 g/mol. The molecule has 0 N–H and O–H groups in total. The van der Waals surface area contributed by atoms with Crippen LogP contribution in [0.3, 0.4) is 0 Å². The molecule has 0 aliphatic carbocycles. The smallest absolute Gasteiger partial charge is 0.292 e. The van der Waals surface area contributed by atoms with Crippen LogP contribution in [0, 0.1) is 12.7 Å². The number of hydrogen-bond acceptors (Lipinski definition) is 3. The van der Waals surface area contributed by atoms with Gasteiger partial charge in [-0.15, -0.1) is 0 Å². The summed E-state index contributed by atoms with van der Waals surface area (Å²) in [5.74, 6) is -0.260. The Bertz CT molecular complexity index is 916. The lowest BCUT2D eigenvalue weighted by Gasteiger charge is -2.24. The molecule has 1 saturated heterocycles. The normalized spacial score (nSPS) is 16.8. The SMILES string of the molecule is Cc1ccc([C@@H]2CCCN2C(=O)c2cc(-c3ccc(F)cc3)no2)cc1. The lowest BCUT2D eigenvalue weighted by Crippen LogP contribution is -2.30. The Morgan fingerprint density at radius 1 is 1.15 bits per heavy atom. The third-order valence-electron chi connectivity index (χ3n) is 4.84. The molecule has 0 unspecified atom stereocenters. The van der Waals surface area contributed by atoms with E-state index in [9.17, 15) is 9.18 Å².